The third kappa shape index (κ3) is 4.29. The van der Waals surface area contributed by atoms with E-state index in [1.165, 1.54) is 19.3 Å². The smallest absolute Gasteiger partial charge is 0.258 e. The lowest BCUT2D eigenvalue weighted by Gasteiger charge is -2.35. The maximum Gasteiger partial charge on any atom is 0.258 e. The zero-order chi connectivity index (χ0) is 19.4. The van der Waals surface area contributed by atoms with E-state index >= 15 is 0 Å². The fourth-order valence-electron chi connectivity index (χ4n) is 3.80. The minimum atomic E-state index is -0.163. The molecule has 1 saturated heterocycles. The summed E-state index contributed by atoms with van der Waals surface area (Å²) in [5.74, 6) is 0.907. The molecule has 0 aliphatic carbocycles. The zero-order valence-corrected chi connectivity index (χ0v) is 16.8. The average molecular weight is 367 g/mol. The summed E-state index contributed by atoms with van der Waals surface area (Å²) in [5, 5.41) is 3.06. The quantitative estimate of drug-likeness (QED) is 0.815. The van der Waals surface area contributed by atoms with Gasteiger partial charge in [-0.05, 0) is 49.7 Å². The molecule has 1 unspecified atom stereocenters. The molecule has 1 aromatic heterocycles. The molecule has 1 aliphatic heterocycles. The molecule has 1 aromatic carbocycles. The number of carbonyl (C=O) groups is 1. The molecule has 1 amide bonds. The van der Waals surface area contributed by atoms with E-state index < -0.39 is 0 Å². The molecule has 0 bridgehead atoms. The Morgan fingerprint density at radius 3 is 2.67 bits per heavy atom. The van der Waals surface area contributed by atoms with Crippen LogP contribution in [0.25, 0.3) is 0 Å². The number of anilines is 2. The highest BCUT2D eigenvalue weighted by atomic mass is 16.1. The van der Waals surface area contributed by atoms with Gasteiger partial charge in [-0.1, -0.05) is 39.0 Å². The first-order valence-corrected chi connectivity index (χ1v) is 10.0. The summed E-state index contributed by atoms with van der Waals surface area (Å²) in [7, 11) is 0. The van der Waals surface area contributed by atoms with Gasteiger partial charge in [0.1, 0.15) is 0 Å². The van der Waals surface area contributed by atoms with Gasteiger partial charge in [-0.15, -0.1) is 0 Å². The molecule has 1 aliphatic rings. The summed E-state index contributed by atoms with van der Waals surface area (Å²) in [6, 6.07) is 6.61. The van der Waals surface area contributed by atoms with Gasteiger partial charge < -0.3 is 10.2 Å². The van der Waals surface area contributed by atoms with Crippen LogP contribution in [0, 0.1) is 6.92 Å². The van der Waals surface area contributed by atoms with E-state index in [0.717, 1.165) is 35.7 Å². The Labute approximate surface area is 162 Å². The molecule has 0 spiro atoms. The highest BCUT2D eigenvalue weighted by Crippen LogP contribution is 2.28. The van der Waals surface area contributed by atoms with Gasteiger partial charge in [0.05, 0.1) is 5.56 Å². The van der Waals surface area contributed by atoms with Crippen LogP contribution in [0.2, 0.25) is 0 Å². The van der Waals surface area contributed by atoms with Crippen LogP contribution in [0.5, 0.6) is 0 Å². The van der Waals surface area contributed by atoms with Crippen LogP contribution in [0.15, 0.2) is 30.6 Å². The van der Waals surface area contributed by atoms with Crippen molar-refractivity contribution in [2.24, 2.45) is 0 Å². The predicted octanol–water partition coefficient (Wildman–Crippen LogP) is 4.93. The van der Waals surface area contributed by atoms with E-state index in [1.807, 2.05) is 19.1 Å². The van der Waals surface area contributed by atoms with Gasteiger partial charge in [-0.2, -0.15) is 0 Å². The third-order valence-corrected chi connectivity index (χ3v) is 5.42. The topological polar surface area (TPSA) is 58.1 Å². The number of piperidine rings is 1. The molecule has 2 heterocycles. The lowest BCUT2D eigenvalue weighted by Crippen LogP contribution is -2.40. The second kappa shape index (κ2) is 8.51. The van der Waals surface area contributed by atoms with Gasteiger partial charge >= 0.3 is 0 Å². The predicted molar refractivity (Wildman–Crippen MR) is 111 cm³/mol. The number of benzene rings is 1. The summed E-state index contributed by atoms with van der Waals surface area (Å²) < 4.78 is 0. The summed E-state index contributed by atoms with van der Waals surface area (Å²) >= 11 is 0. The number of aromatic nitrogens is 2. The Bertz CT molecular complexity index is 785. The van der Waals surface area contributed by atoms with Crippen LogP contribution in [-0.2, 0) is 0 Å². The van der Waals surface area contributed by atoms with Crippen molar-refractivity contribution in [2.75, 3.05) is 16.8 Å². The molecule has 144 valence electrons. The first-order valence-electron chi connectivity index (χ1n) is 10.0. The van der Waals surface area contributed by atoms with E-state index in [0.29, 0.717) is 17.5 Å². The summed E-state index contributed by atoms with van der Waals surface area (Å²) in [5.41, 5.74) is 3.58. The largest absolute Gasteiger partial charge is 0.338 e. The molecule has 1 fully saturated rings. The van der Waals surface area contributed by atoms with E-state index in [2.05, 4.69) is 47.0 Å². The first kappa shape index (κ1) is 19.3. The number of nitrogens with zero attached hydrogens (tertiary/aromatic N) is 3. The molecule has 2 aromatic rings. The molecule has 3 rings (SSSR count). The fraction of sp³-hybridized carbons (Fsp3) is 0.500. The highest BCUT2D eigenvalue weighted by molar-refractivity contribution is 6.04. The van der Waals surface area contributed by atoms with Crippen molar-refractivity contribution in [3.8, 4) is 0 Å². The van der Waals surface area contributed by atoms with Crippen molar-refractivity contribution in [1.82, 2.24) is 9.97 Å². The van der Waals surface area contributed by atoms with E-state index in [-0.39, 0.29) is 5.91 Å². The number of para-hydroxylation sites is 1. The molecule has 1 atom stereocenters. The number of aryl methyl sites for hydroxylation is 1. The number of hydrogen-bond acceptors (Lipinski definition) is 4. The molecule has 0 radical (unpaired) electrons. The molecule has 5 nitrogen and oxygen atoms in total. The number of amides is 1. The summed E-state index contributed by atoms with van der Waals surface area (Å²) in [6.45, 7) is 9.48. The van der Waals surface area contributed by atoms with Gasteiger partial charge in [-0.3, -0.25) is 4.79 Å². The van der Waals surface area contributed by atoms with Gasteiger partial charge in [0.25, 0.3) is 5.91 Å². The molecule has 5 heteroatoms. The molecular formula is C22H30N4O. The summed E-state index contributed by atoms with van der Waals surface area (Å²) in [6.07, 6.45) is 8.01. The van der Waals surface area contributed by atoms with E-state index in [4.69, 9.17) is 0 Å². The Hall–Kier alpha value is -2.43. The average Bonchev–Trinajstić information content (AvgIpc) is 2.69. The van der Waals surface area contributed by atoms with Gasteiger partial charge in [0, 0.05) is 30.7 Å². The maximum atomic E-state index is 12.7. The first-order chi connectivity index (χ1) is 13.0. The number of rotatable bonds is 5. The number of hydrogen-bond donors (Lipinski definition) is 1. The Balaban J connectivity index is 1.77. The van der Waals surface area contributed by atoms with Gasteiger partial charge in [0.15, 0.2) is 0 Å². The van der Waals surface area contributed by atoms with Crippen molar-refractivity contribution in [1.29, 1.82) is 0 Å². The number of carbonyl (C=O) groups excluding carboxylic acids is 1. The monoisotopic (exact) mass is 366 g/mol. The van der Waals surface area contributed by atoms with Crippen molar-refractivity contribution in [2.45, 2.75) is 65.3 Å². The molecule has 0 saturated carbocycles. The van der Waals surface area contributed by atoms with Crippen LogP contribution >= 0.6 is 0 Å². The summed E-state index contributed by atoms with van der Waals surface area (Å²) in [4.78, 5) is 24.0. The lowest BCUT2D eigenvalue weighted by atomic mass is 9.98. The second-order valence-electron chi connectivity index (χ2n) is 7.67. The van der Waals surface area contributed by atoms with Crippen LogP contribution < -0.4 is 10.2 Å². The third-order valence-electron chi connectivity index (χ3n) is 5.42. The molecular weight excluding hydrogens is 336 g/mol. The Morgan fingerprint density at radius 2 is 2.00 bits per heavy atom. The van der Waals surface area contributed by atoms with Gasteiger partial charge in [0.2, 0.25) is 5.95 Å². The SMILES string of the molecule is CCC1CCCCN1c1ncc(C(=O)Nc2c(C)cccc2C(C)C)cn1. The molecule has 27 heavy (non-hydrogen) atoms. The Kier molecular flexibility index (Phi) is 6.09. The lowest BCUT2D eigenvalue weighted by molar-refractivity contribution is 0.102. The van der Waals surface area contributed by atoms with Crippen molar-refractivity contribution < 1.29 is 4.79 Å². The van der Waals surface area contributed by atoms with Crippen LogP contribution in [0.4, 0.5) is 11.6 Å². The highest BCUT2D eigenvalue weighted by Gasteiger charge is 2.23. The van der Waals surface area contributed by atoms with E-state index in [9.17, 15) is 4.79 Å². The molecule has 1 N–H and O–H groups in total. The maximum absolute atomic E-state index is 12.7. The van der Waals surface area contributed by atoms with Crippen molar-refractivity contribution in [3.05, 3.63) is 47.3 Å². The van der Waals surface area contributed by atoms with Crippen LogP contribution in [0.1, 0.15) is 73.9 Å². The van der Waals surface area contributed by atoms with Crippen molar-refractivity contribution >= 4 is 17.5 Å². The van der Waals surface area contributed by atoms with Gasteiger partial charge in [-0.25, -0.2) is 9.97 Å². The van der Waals surface area contributed by atoms with E-state index in [1.54, 1.807) is 12.4 Å². The van der Waals surface area contributed by atoms with Crippen molar-refractivity contribution in [3.63, 3.8) is 0 Å². The normalized spacial score (nSPS) is 17.2. The standard InChI is InChI=1S/C22H30N4O/c1-5-18-10-6-7-12-26(18)22-23-13-17(14-24-22)21(27)25-20-16(4)9-8-11-19(20)15(2)3/h8-9,11,13-15,18H,5-7,10,12H2,1-4H3,(H,25,27). The minimum Gasteiger partial charge on any atom is -0.338 e. The second-order valence-corrected chi connectivity index (χ2v) is 7.67. The Morgan fingerprint density at radius 1 is 1.26 bits per heavy atom. The zero-order valence-electron chi connectivity index (χ0n) is 16.8. The minimum absolute atomic E-state index is 0.163. The number of nitrogens with one attached hydrogen (secondary N) is 1. The van der Waals surface area contributed by atoms with Crippen LogP contribution in [0.3, 0.4) is 0 Å². The van der Waals surface area contributed by atoms with Crippen LogP contribution in [-0.4, -0.2) is 28.5 Å². The fourth-order valence-corrected chi connectivity index (χ4v) is 3.80.